The summed E-state index contributed by atoms with van der Waals surface area (Å²) < 4.78 is 10.1. The Morgan fingerprint density at radius 1 is 1.38 bits per heavy atom. The van der Waals surface area contributed by atoms with Gasteiger partial charge in [0.2, 0.25) is 0 Å². The lowest BCUT2D eigenvalue weighted by atomic mass is 10.1. The van der Waals surface area contributed by atoms with Gasteiger partial charge in [-0.05, 0) is 30.7 Å². The molecule has 0 amide bonds. The van der Waals surface area contributed by atoms with Crippen molar-refractivity contribution >= 4 is 12.0 Å². The van der Waals surface area contributed by atoms with E-state index in [1.807, 2.05) is 37.3 Å². The predicted octanol–water partition coefficient (Wildman–Crippen LogP) is 2.41. The zero-order valence-corrected chi connectivity index (χ0v) is 9.40. The van der Waals surface area contributed by atoms with Crippen molar-refractivity contribution in [1.82, 2.24) is 0 Å². The lowest BCUT2D eigenvalue weighted by molar-refractivity contribution is -0.138. The molecule has 3 heteroatoms. The second kappa shape index (κ2) is 4.39. The van der Waals surface area contributed by atoms with Crippen LogP contribution in [0, 0.1) is 0 Å². The summed E-state index contributed by atoms with van der Waals surface area (Å²) in [6, 6.07) is 7.58. The van der Waals surface area contributed by atoms with Crippen molar-refractivity contribution in [1.29, 1.82) is 0 Å². The Hall–Kier alpha value is -1.77. The van der Waals surface area contributed by atoms with Crippen molar-refractivity contribution in [2.75, 3.05) is 7.11 Å². The molecule has 1 saturated heterocycles. The fourth-order valence-electron chi connectivity index (χ4n) is 1.71. The van der Waals surface area contributed by atoms with Gasteiger partial charge in [0.1, 0.15) is 11.9 Å². The molecular formula is C13H14O3. The van der Waals surface area contributed by atoms with Crippen LogP contribution in [0.3, 0.4) is 0 Å². The Kier molecular flexibility index (Phi) is 2.95. The van der Waals surface area contributed by atoms with Gasteiger partial charge in [0, 0.05) is 12.0 Å². The molecule has 1 aromatic carbocycles. The molecule has 1 aromatic rings. The lowest BCUT2D eigenvalue weighted by Gasteiger charge is -1.99. The van der Waals surface area contributed by atoms with Gasteiger partial charge in [-0.2, -0.15) is 0 Å². The number of esters is 1. The first-order chi connectivity index (χ1) is 7.69. The van der Waals surface area contributed by atoms with E-state index in [0.717, 1.165) is 16.9 Å². The minimum absolute atomic E-state index is 0.00278. The summed E-state index contributed by atoms with van der Waals surface area (Å²) in [5.74, 6) is 0.604. The summed E-state index contributed by atoms with van der Waals surface area (Å²) in [6.07, 6.45) is 2.55. The zero-order chi connectivity index (χ0) is 11.5. The highest BCUT2D eigenvalue weighted by Gasteiger charge is 2.24. The number of cyclic esters (lactones) is 1. The van der Waals surface area contributed by atoms with E-state index in [1.54, 1.807) is 7.11 Å². The van der Waals surface area contributed by atoms with Gasteiger partial charge in [0.15, 0.2) is 0 Å². The summed E-state index contributed by atoms with van der Waals surface area (Å²) in [5, 5.41) is 0. The highest BCUT2D eigenvalue weighted by molar-refractivity contribution is 5.95. The maximum atomic E-state index is 11.4. The van der Waals surface area contributed by atoms with Crippen LogP contribution in [0.4, 0.5) is 0 Å². The topological polar surface area (TPSA) is 35.5 Å². The van der Waals surface area contributed by atoms with E-state index in [9.17, 15) is 4.79 Å². The van der Waals surface area contributed by atoms with Gasteiger partial charge >= 0.3 is 5.97 Å². The van der Waals surface area contributed by atoms with Crippen LogP contribution in [-0.2, 0) is 9.53 Å². The third-order valence-corrected chi connectivity index (χ3v) is 2.53. The normalized spacial score (nSPS) is 22.2. The van der Waals surface area contributed by atoms with Crippen molar-refractivity contribution in [3.05, 3.63) is 35.4 Å². The van der Waals surface area contributed by atoms with Gasteiger partial charge in [-0.3, -0.25) is 0 Å². The minimum Gasteiger partial charge on any atom is -0.497 e. The molecule has 0 spiro atoms. The molecule has 1 fully saturated rings. The molecular weight excluding hydrogens is 204 g/mol. The molecule has 84 valence electrons. The average Bonchev–Trinajstić information content (AvgIpc) is 2.59. The average molecular weight is 218 g/mol. The van der Waals surface area contributed by atoms with Gasteiger partial charge in [-0.1, -0.05) is 12.1 Å². The Bertz CT molecular complexity index is 417. The van der Waals surface area contributed by atoms with Crippen LogP contribution in [0.15, 0.2) is 29.8 Å². The molecule has 0 aliphatic carbocycles. The summed E-state index contributed by atoms with van der Waals surface area (Å²) in [5.41, 5.74) is 1.72. The molecule has 1 atom stereocenters. The second-order valence-corrected chi connectivity index (χ2v) is 3.86. The number of benzene rings is 1. The van der Waals surface area contributed by atoms with Crippen molar-refractivity contribution in [2.45, 2.75) is 19.4 Å². The Labute approximate surface area is 94.7 Å². The van der Waals surface area contributed by atoms with Crippen LogP contribution in [0.2, 0.25) is 0 Å². The highest BCUT2D eigenvalue weighted by atomic mass is 16.5. The summed E-state index contributed by atoms with van der Waals surface area (Å²) in [4.78, 5) is 11.4. The highest BCUT2D eigenvalue weighted by Crippen LogP contribution is 2.23. The maximum Gasteiger partial charge on any atom is 0.334 e. The number of ether oxygens (including phenoxy) is 2. The zero-order valence-electron chi connectivity index (χ0n) is 9.40. The maximum absolute atomic E-state index is 11.4. The van der Waals surface area contributed by atoms with Crippen molar-refractivity contribution in [2.24, 2.45) is 0 Å². The number of rotatable bonds is 2. The molecule has 0 saturated carbocycles. The van der Waals surface area contributed by atoms with Gasteiger partial charge in [0.25, 0.3) is 0 Å². The van der Waals surface area contributed by atoms with Gasteiger partial charge in [-0.15, -0.1) is 0 Å². The number of hydrogen-bond acceptors (Lipinski definition) is 3. The number of methoxy groups -OCH3 is 1. The fourth-order valence-corrected chi connectivity index (χ4v) is 1.71. The first-order valence-corrected chi connectivity index (χ1v) is 5.24. The molecule has 1 unspecified atom stereocenters. The molecule has 1 heterocycles. The second-order valence-electron chi connectivity index (χ2n) is 3.86. The molecule has 0 aromatic heterocycles. The SMILES string of the molecule is COc1ccc(C=C2CC(C)OC2=O)cc1. The standard InChI is InChI=1S/C13H14O3/c1-9-7-11(13(14)16-9)8-10-3-5-12(15-2)6-4-10/h3-6,8-9H,7H2,1-2H3. The largest absolute Gasteiger partial charge is 0.497 e. The molecule has 1 aliphatic heterocycles. The van der Waals surface area contributed by atoms with Crippen LogP contribution in [0.5, 0.6) is 5.75 Å². The third kappa shape index (κ3) is 2.24. The summed E-state index contributed by atoms with van der Waals surface area (Å²) >= 11 is 0. The first kappa shape index (κ1) is 10.7. The summed E-state index contributed by atoms with van der Waals surface area (Å²) in [6.45, 7) is 1.90. The van der Waals surface area contributed by atoms with Crippen LogP contribution in [-0.4, -0.2) is 19.2 Å². The monoisotopic (exact) mass is 218 g/mol. The van der Waals surface area contributed by atoms with Crippen LogP contribution < -0.4 is 4.74 Å². The molecule has 0 bridgehead atoms. The van der Waals surface area contributed by atoms with Crippen molar-refractivity contribution in [3.8, 4) is 5.75 Å². The van der Waals surface area contributed by atoms with E-state index in [-0.39, 0.29) is 12.1 Å². The van der Waals surface area contributed by atoms with E-state index >= 15 is 0 Å². The molecule has 3 nitrogen and oxygen atoms in total. The predicted molar refractivity (Wildman–Crippen MR) is 61.1 cm³/mol. The lowest BCUT2D eigenvalue weighted by Crippen LogP contribution is -1.99. The first-order valence-electron chi connectivity index (χ1n) is 5.24. The van der Waals surface area contributed by atoms with Crippen LogP contribution >= 0.6 is 0 Å². The number of carbonyl (C=O) groups is 1. The Morgan fingerprint density at radius 2 is 2.06 bits per heavy atom. The fraction of sp³-hybridized carbons (Fsp3) is 0.308. The number of hydrogen-bond donors (Lipinski definition) is 0. The molecule has 0 N–H and O–H groups in total. The molecule has 0 radical (unpaired) electrons. The molecule has 2 rings (SSSR count). The number of carbonyl (C=O) groups excluding carboxylic acids is 1. The van der Waals surface area contributed by atoms with E-state index in [4.69, 9.17) is 9.47 Å². The Balaban J connectivity index is 2.19. The van der Waals surface area contributed by atoms with Crippen molar-refractivity contribution in [3.63, 3.8) is 0 Å². The van der Waals surface area contributed by atoms with Crippen molar-refractivity contribution < 1.29 is 14.3 Å². The third-order valence-electron chi connectivity index (χ3n) is 2.53. The van der Waals surface area contributed by atoms with Gasteiger partial charge in [0.05, 0.1) is 7.11 Å². The van der Waals surface area contributed by atoms with E-state index < -0.39 is 0 Å². The summed E-state index contributed by atoms with van der Waals surface area (Å²) in [7, 11) is 1.63. The molecule has 1 aliphatic rings. The van der Waals surface area contributed by atoms with Crippen LogP contribution in [0.25, 0.3) is 6.08 Å². The minimum atomic E-state index is -0.205. The van der Waals surface area contributed by atoms with Gasteiger partial charge < -0.3 is 9.47 Å². The van der Waals surface area contributed by atoms with E-state index in [2.05, 4.69) is 0 Å². The Morgan fingerprint density at radius 3 is 2.56 bits per heavy atom. The van der Waals surface area contributed by atoms with Crippen LogP contribution in [0.1, 0.15) is 18.9 Å². The quantitative estimate of drug-likeness (QED) is 0.565. The van der Waals surface area contributed by atoms with E-state index in [0.29, 0.717) is 6.42 Å². The smallest absolute Gasteiger partial charge is 0.334 e. The molecule has 16 heavy (non-hydrogen) atoms. The van der Waals surface area contributed by atoms with E-state index in [1.165, 1.54) is 0 Å². The van der Waals surface area contributed by atoms with Gasteiger partial charge in [-0.25, -0.2) is 4.79 Å².